The van der Waals surface area contributed by atoms with Crippen LogP contribution in [0.1, 0.15) is 22.9 Å². The number of benzene rings is 1. The lowest BCUT2D eigenvalue weighted by Crippen LogP contribution is -2.61. The van der Waals surface area contributed by atoms with E-state index in [9.17, 15) is 9.59 Å². The Balaban J connectivity index is 1.59. The monoisotopic (exact) mass is 476 g/mol. The van der Waals surface area contributed by atoms with E-state index in [1.165, 1.54) is 11.8 Å². The van der Waals surface area contributed by atoms with Gasteiger partial charge in [-0.25, -0.2) is 0 Å². The number of likely N-dealkylation sites (tertiary alicyclic amines) is 1. The van der Waals surface area contributed by atoms with E-state index in [1.54, 1.807) is 23.4 Å². The molecule has 0 saturated carbocycles. The van der Waals surface area contributed by atoms with E-state index < -0.39 is 10.3 Å². The Labute approximate surface area is 200 Å². The minimum atomic E-state index is -1.23. The molecule has 33 heavy (non-hydrogen) atoms. The molecule has 1 N–H and O–H groups in total. The van der Waals surface area contributed by atoms with Crippen LogP contribution in [0.4, 0.5) is 5.69 Å². The van der Waals surface area contributed by atoms with E-state index in [0.29, 0.717) is 16.6 Å². The highest BCUT2D eigenvalue weighted by Gasteiger charge is 2.78. The second-order valence-corrected chi connectivity index (χ2v) is 10.4. The van der Waals surface area contributed by atoms with Gasteiger partial charge in [0.2, 0.25) is 5.91 Å². The Bertz CT molecular complexity index is 1280. The number of aromatic nitrogens is 1. The highest BCUT2D eigenvalue weighted by atomic mass is 32.2. The molecule has 2 spiro atoms. The van der Waals surface area contributed by atoms with Crippen LogP contribution in [0.2, 0.25) is 0 Å². The maximum absolute atomic E-state index is 14.5. The third kappa shape index (κ3) is 2.55. The maximum Gasteiger partial charge on any atom is 0.251 e. The van der Waals surface area contributed by atoms with E-state index in [-0.39, 0.29) is 24.3 Å². The van der Waals surface area contributed by atoms with Crippen LogP contribution < -0.4 is 5.32 Å². The summed E-state index contributed by atoms with van der Waals surface area (Å²) in [5.74, 6) is -0.124. The van der Waals surface area contributed by atoms with E-state index in [4.69, 9.17) is 16.6 Å². The fraction of sp³-hybridized carbons (Fsp3) is 0.250. The molecule has 2 aromatic heterocycles. The van der Waals surface area contributed by atoms with Gasteiger partial charge < -0.3 is 9.73 Å². The predicted octanol–water partition coefficient (Wildman–Crippen LogP) is 3.35. The molecule has 1 aromatic carbocycles. The van der Waals surface area contributed by atoms with Crippen LogP contribution >= 0.6 is 24.0 Å². The average Bonchev–Trinajstić information content (AvgIpc) is 3.55. The van der Waals surface area contributed by atoms with Gasteiger partial charge in [0.1, 0.15) is 14.8 Å². The minimum Gasteiger partial charge on any atom is -0.467 e. The molecule has 2 saturated heterocycles. The van der Waals surface area contributed by atoms with Crippen molar-refractivity contribution >= 4 is 45.8 Å². The second kappa shape index (κ2) is 7.24. The number of pyridine rings is 1. The van der Waals surface area contributed by atoms with E-state index in [2.05, 4.69) is 10.3 Å². The van der Waals surface area contributed by atoms with Gasteiger partial charge in [0.05, 0.1) is 12.8 Å². The van der Waals surface area contributed by atoms with Gasteiger partial charge in [0, 0.05) is 35.6 Å². The fourth-order valence-corrected chi connectivity index (χ4v) is 7.73. The minimum absolute atomic E-state index is 0.194. The van der Waals surface area contributed by atoms with Crippen LogP contribution in [0.15, 0.2) is 71.5 Å². The number of carbonyl (C=O) groups is 2. The van der Waals surface area contributed by atoms with E-state index in [0.717, 1.165) is 16.9 Å². The number of rotatable bonds is 3. The molecule has 3 atom stereocenters. The van der Waals surface area contributed by atoms with Crippen molar-refractivity contribution in [2.24, 2.45) is 0 Å². The number of nitrogens with zero attached hydrogens (tertiary/aromatic N) is 3. The highest BCUT2D eigenvalue weighted by molar-refractivity contribution is 8.25. The molecule has 6 rings (SSSR count). The van der Waals surface area contributed by atoms with Crippen LogP contribution in [0, 0.1) is 0 Å². The SMILES string of the molecule is CN1CC(c2ccccn2)C2(SC(=S)N(Cc3ccco3)C2=O)C12C(=O)Nc1ccccc12. The first-order valence-electron chi connectivity index (χ1n) is 10.6. The first-order chi connectivity index (χ1) is 16.0. The summed E-state index contributed by atoms with van der Waals surface area (Å²) in [6.45, 7) is 0.701. The van der Waals surface area contributed by atoms with Gasteiger partial charge in [0.15, 0.2) is 5.54 Å². The Kier molecular flexibility index (Phi) is 4.52. The zero-order valence-corrected chi connectivity index (χ0v) is 19.4. The van der Waals surface area contributed by atoms with Gasteiger partial charge in [-0.05, 0) is 37.4 Å². The molecule has 0 aliphatic carbocycles. The van der Waals surface area contributed by atoms with E-state index in [1.807, 2.05) is 60.5 Å². The smallest absolute Gasteiger partial charge is 0.251 e. The molecule has 3 unspecified atom stereocenters. The van der Waals surface area contributed by atoms with Crippen molar-refractivity contribution in [1.29, 1.82) is 0 Å². The van der Waals surface area contributed by atoms with Crippen LogP contribution in [-0.2, 0) is 21.7 Å². The third-order valence-electron chi connectivity index (χ3n) is 6.92. The van der Waals surface area contributed by atoms with Gasteiger partial charge in [-0.15, -0.1) is 0 Å². The number of furan rings is 1. The van der Waals surface area contributed by atoms with Gasteiger partial charge in [-0.3, -0.25) is 24.4 Å². The number of amides is 2. The van der Waals surface area contributed by atoms with Crippen molar-refractivity contribution in [3.05, 3.63) is 84.1 Å². The summed E-state index contributed by atoms with van der Waals surface area (Å²) in [7, 11) is 1.90. The van der Waals surface area contributed by atoms with Gasteiger partial charge >= 0.3 is 0 Å². The number of hydrogen-bond donors (Lipinski definition) is 1. The normalized spacial score (nSPS) is 28.8. The van der Waals surface area contributed by atoms with Crippen LogP contribution in [0.25, 0.3) is 0 Å². The number of fused-ring (bicyclic) bond motifs is 3. The lowest BCUT2D eigenvalue weighted by atomic mass is 9.73. The van der Waals surface area contributed by atoms with Crippen molar-refractivity contribution < 1.29 is 14.0 Å². The molecule has 5 heterocycles. The molecule has 0 bridgehead atoms. The quantitative estimate of drug-likeness (QED) is 0.581. The van der Waals surface area contributed by atoms with Gasteiger partial charge in [0.25, 0.3) is 5.91 Å². The van der Waals surface area contributed by atoms with Crippen molar-refractivity contribution in [3.8, 4) is 0 Å². The predicted molar refractivity (Wildman–Crippen MR) is 129 cm³/mol. The summed E-state index contributed by atoms with van der Waals surface area (Å²) < 4.78 is 4.73. The maximum atomic E-state index is 14.5. The number of nitrogens with one attached hydrogen (secondary N) is 1. The Hall–Kier alpha value is -3.01. The van der Waals surface area contributed by atoms with E-state index >= 15 is 0 Å². The lowest BCUT2D eigenvalue weighted by Gasteiger charge is -2.41. The van der Waals surface area contributed by atoms with Crippen LogP contribution in [0.3, 0.4) is 0 Å². The summed E-state index contributed by atoms with van der Waals surface area (Å²) in [6, 6.07) is 16.9. The number of hydrogen-bond acceptors (Lipinski definition) is 7. The molecule has 3 aliphatic heterocycles. The molecule has 9 heteroatoms. The number of thioether (sulfide) groups is 1. The molecule has 2 fully saturated rings. The lowest BCUT2D eigenvalue weighted by molar-refractivity contribution is -0.138. The standard InChI is InChI=1S/C24H20N4O3S2/c1-27-14-17(18-9-4-5-11-25-18)24(23(27)16-8-2-3-10-19(16)26-20(23)29)21(30)28(22(32)33-24)13-15-7-6-12-31-15/h2-12,17H,13-14H2,1H3,(H,26,29). The number of carbonyl (C=O) groups excluding carboxylic acids is 2. The van der Waals surface area contributed by atoms with Crippen molar-refractivity contribution in [1.82, 2.24) is 14.8 Å². The Morgan fingerprint density at radius 2 is 2.00 bits per heavy atom. The second-order valence-electron chi connectivity index (χ2n) is 8.47. The first kappa shape index (κ1) is 20.6. The summed E-state index contributed by atoms with van der Waals surface area (Å²) in [4.78, 5) is 36.5. The molecular formula is C24H20N4O3S2. The molecule has 7 nitrogen and oxygen atoms in total. The molecule has 3 aromatic rings. The van der Waals surface area contributed by atoms with Crippen molar-refractivity contribution in [2.45, 2.75) is 22.7 Å². The molecule has 3 aliphatic rings. The summed E-state index contributed by atoms with van der Waals surface area (Å²) in [6.07, 6.45) is 3.30. The highest BCUT2D eigenvalue weighted by Crippen LogP contribution is 2.65. The van der Waals surface area contributed by atoms with Crippen molar-refractivity contribution in [2.75, 3.05) is 18.9 Å². The third-order valence-corrected chi connectivity index (χ3v) is 8.86. The van der Waals surface area contributed by atoms with Gasteiger partial charge in [-0.1, -0.05) is 48.2 Å². The zero-order valence-electron chi connectivity index (χ0n) is 17.7. The zero-order chi connectivity index (χ0) is 22.8. The first-order valence-corrected chi connectivity index (χ1v) is 11.8. The largest absolute Gasteiger partial charge is 0.467 e. The number of thiocarbonyl (C=S) groups is 1. The number of para-hydroxylation sites is 1. The van der Waals surface area contributed by atoms with Crippen LogP contribution in [-0.4, -0.2) is 49.3 Å². The number of likely N-dealkylation sites (N-methyl/N-ethyl adjacent to an activating group) is 1. The summed E-state index contributed by atoms with van der Waals surface area (Å²) in [5.41, 5.74) is 1.05. The fourth-order valence-electron chi connectivity index (χ4n) is 5.61. The summed E-state index contributed by atoms with van der Waals surface area (Å²) >= 11 is 7.06. The van der Waals surface area contributed by atoms with Crippen LogP contribution in [0.5, 0.6) is 0 Å². The van der Waals surface area contributed by atoms with Gasteiger partial charge in [-0.2, -0.15) is 0 Å². The molecule has 166 valence electrons. The summed E-state index contributed by atoms with van der Waals surface area (Å²) in [5, 5.41) is 3.03. The number of anilines is 1. The topological polar surface area (TPSA) is 78.7 Å². The Morgan fingerprint density at radius 1 is 1.18 bits per heavy atom. The molecule has 2 amide bonds. The molecule has 0 radical (unpaired) electrons. The Morgan fingerprint density at radius 3 is 2.76 bits per heavy atom. The van der Waals surface area contributed by atoms with Crippen molar-refractivity contribution in [3.63, 3.8) is 0 Å². The molecular weight excluding hydrogens is 456 g/mol. The average molecular weight is 477 g/mol.